The molecule has 0 saturated carbocycles. The van der Waals surface area contributed by atoms with Crippen LogP contribution in [0, 0.1) is 0 Å². The molecule has 0 bridgehead atoms. The van der Waals surface area contributed by atoms with Crippen molar-refractivity contribution in [1.82, 2.24) is 4.57 Å². The highest BCUT2D eigenvalue weighted by Crippen LogP contribution is 2.14. The van der Waals surface area contributed by atoms with Crippen LogP contribution in [0.3, 0.4) is 0 Å². The van der Waals surface area contributed by atoms with Gasteiger partial charge >= 0.3 is 0 Å². The van der Waals surface area contributed by atoms with E-state index in [-0.39, 0.29) is 0 Å². The summed E-state index contributed by atoms with van der Waals surface area (Å²) < 4.78 is 10.4. The van der Waals surface area contributed by atoms with Crippen LogP contribution in [-0.2, 0) is 13.1 Å². The Bertz CT molecular complexity index is 1010. The van der Waals surface area contributed by atoms with Crippen LogP contribution in [0.15, 0.2) is 85.2 Å². The summed E-state index contributed by atoms with van der Waals surface area (Å²) in [5, 5.41) is 0.768. The maximum absolute atomic E-state index is 6.01. The van der Waals surface area contributed by atoms with Gasteiger partial charge in [0, 0.05) is 11.4 Å². The summed E-state index contributed by atoms with van der Waals surface area (Å²) in [6, 6.07) is 26.5. The van der Waals surface area contributed by atoms with Gasteiger partial charge in [0.15, 0.2) is 11.0 Å². The van der Waals surface area contributed by atoms with E-state index in [9.17, 15) is 0 Å². The monoisotopic (exact) mass is 377 g/mol. The molecule has 0 N–H and O–H groups in total. The standard InChI is InChI=1S/C23H22ClN2O/c24-20-13-11-19(12-14-20)17-26-18-25(22-9-4-5-10-23(22)26)15-6-16-27-21-7-2-1-3-8-21/h1-5,7-14,18H,6,15-17H2/q+1. The second-order valence-corrected chi connectivity index (χ2v) is 7.00. The summed E-state index contributed by atoms with van der Waals surface area (Å²) in [6.07, 6.45) is 3.15. The molecule has 3 aromatic carbocycles. The second-order valence-electron chi connectivity index (χ2n) is 6.57. The van der Waals surface area contributed by atoms with Gasteiger partial charge in [-0.15, -0.1) is 0 Å². The molecule has 0 saturated heterocycles. The molecule has 27 heavy (non-hydrogen) atoms. The quantitative estimate of drug-likeness (QED) is 0.323. The Balaban J connectivity index is 1.47. The summed E-state index contributed by atoms with van der Waals surface area (Å²) in [5.74, 6) is 0.924. The summed E-state index contributed by atoms with van der Waals surface area (Å²) in [6.45, 7) is 2.44. The average molecular weight is 378 g/mol. The lowest BCUT2D eigenvalue weighted by Gasteiger charge is -2.04. The fourth-order valence-corrected chi connectivity index (χ4v) is 3.40. The predicted octanol–water partition coefficient (Wildman–Crippen LogP) is 5.10. The molecule has 4 rings (SSSR count). The van der Waals surface area contributed by atoms with E-state index in [0.717, 1.165) is 30.3 Å². The van der Waals surface area contributed by atoms with Crippen molar-refractivity contribution in [3.8, 4) is 5.75 Å². The van der Waals surface area contributed by atoms with Crippen molar-refractivity contribution in [3.05, 3.63) is 95.8 Å². The minimum atomic E-state index is 0.702. The van der Waals surface area contributed by atoms with Crippen molar-refractivity contribution in [2.45, 2.75) is 19.5 Å². The number of ether oxygens (including phenoxy) is 1. The summed E-state index contributed by atoms with van der Waals surface area (Å²) in [4.78, 5) is 0. The minimum absolute atomic E-state index is 0.702. The molecule has 0 aliphatic carbocycles. The Morgan fingerprint density at radius 1 is 0.852 bits per heavy atom. The third-order valence-corrected chi connectivity index (χ3v) is 4.85. The number of hydrogen-bond acceptors (Lipinski definition) is 1. The molecule has 136 valence electrons. The van der Waals surface area contributed by atoms with Crippen LogP contribution in [0.4, 0.5) is 0 Å². The molecule has 4 aromatic rings. The molecule has 0 fully saturated rings. The molecule has 0 spiro atoms. The topological polar surface area (TPSA) is 18.0 Å². The Hall–Kier alpha value is -2.78. The number of aryl methyl sites for hydroxylation is 1. The van der Waals surface area contributed by atoms with E-state index in [4.69, 9.17) is 16.3 Å². The van der Waals surface area contributed by atoms with Crippen LogP contribution in [0.25, 0.3) is 11.0 Å². The average Bonchev–Trinajstić information content (AvgIpc) is 3.06. The highest BCUT2D eigenvalue weighted by Gasteiger charge is 2.15. The van der Waals surface area contributed by atoms with Crippen molar-refractivity contribution in [3.63, 3.8) is 0 Å². The lowest BCUT2D eigenvalue weighted by molar-refractivity contribution is -0.663. The minimum Gasteiger partial charge on any atom is -0.493 e. The molecular weight excluding hydrogens is 356 g/mol. The number of benzene rings is 3. The number of fused-ring (bicyclic) bond motifs is 1. The molecule has 4 heteroatoms. The van der Waals surface area contributed by atoms with E-state index in [0.29, 0.717) is 6.61 Å². The van der Waals surface area contributed by atoms with E-state index in [1.807, 2.05) is 42.5 Å². The molecule has 0 amide bonds. The second kappa shape index (κ2) is 8.28. The highest BCUT2D eigenvalue weighted by molar-refractivity contribution is 6.30. The van der Waals surface area contributed by atoms with Crippen LogP contribution < -0.4 is 9.30 Å². The zero-order valence-corrected chi connectivity index (χ0v) is 15.8. The van der Waals surface area contributed by atoms with Crippen molar-refractivity contribution in [2.24, 2.45) is 0 Å². The molecule has 0 unspecified atom stereocenters. The maximum Gasteiger partial charge on any atom is 0.245 e. The lowest BCUT2D eigenvalue weighted by Crippen LogP contribution is -2.32. The molecule has 1 aromatic heterocycles. The molecule has 0 aliphatic rings. The number of aromatic nitrogens is 2. The number of rotatable bonds is 7. The van der Waals surface area contributed by atoms with Gasteiger partial charge in [-0.25, -0.2) is 9.13 Å². The largest absolute Gasteiger partial charge is 0.493 e. The summed E-state index contributed by atoms with van der Waals surface area (Å²) in [5.41, 5.74) is 3.71. The first-order valence-electron chi connectivity index (χ1n) is 9.19. The maximum atomic E-state index is 6.01. The number of imidazole rings is 1. The zero-order chi connectivity index (χ0) is 18.5. The Labute approximate surface area is 164 Å². The van der Waals surface area contributed by atoms with Gasteiger partial charge in [0.1, 0.15) is 12.3 Å². The molecular formula is C23H22ClN2O+. The predicted molar refractivity (Wildman–Crippen MR) is 109 cm³/mol. The third-order valence-electron chi connectivity index (χ3n) is 4.60. The number of nitrogens with zero attached hydrogens (tertiary/aromatic N) is 2. The summed E-state index contributed by atoms with van der Waals surface area (Å²) in [7, 11) is 0. The van der Waals surface area contributed by atoms with Crippen LogP contribution in [0.1, 0.15) is 12.0 Å². The van der Waals surface area contributed by atoms with Gasteiger partial charge < -0.3 is 4.74 Å². The molecule has 3 nitrogen and oxygen atoms in total. The van der Waals surface area contributed by atoms with Crippen LogP contribution in [-0.4, -0.2) is 11.2 Å². The van der Waals surface area contributed by atoms with E-state index >= 15 is 0 Å². The first-order chi connectivity index (χ1) is 13.3. The van der Waals surface area contributed by atoms with E-state index < -0.39 is 0 Å². The first-order valence-corrected chi connectivity index (χ1v) is 9.57. The number of para-hydroxylation sites is 3. The smallest absolute Gasteiger partial charge is 0.245 e. The first kappa shape index (κ1) is 17.6. The highest BCUT2D eigenvalue weighted by atomic mass is 35.5. The zero-order valence-electron chi connectivity index (χ0n) is 15.1. The Kier molecular flexibility index (Phi) is 5.40. The number of halogens is 1. The van der Waals surface area contributed by atoms with Crippen molar-refractivity contribution in [1.29, 1.82) is 0 Å². The van der Waals surface area contributed by atoms with Crippen molar-refractivity contribution < 1.29 is 9.30 Å². The van der Waals surface area contributed by atoms with Gasteiger partial charge in [-0.2, -0.15) is 0 Å². The van der Waals surface area contributed by atoms with Gasteiger partial charge in [-0.05, 0) is 42.0 Å². The van der Waals surface area contributed by atoms with Gasteiger partial charge in [0.05, 0.1) is 13.2 Å². The normalized spacial score (nSPS) is 11.0. The molecule has 0 aliphatic heterocycles. The fraction of sp³-hybridized carbons (Fsp3) is 0.174. The fourth-order valence-electron chi connectivity index (χ4n) is 3.27. The van der Waals surface area contributed by atoms with Crippen LogP contribution >= 0.6 is 11.6 Å². The van der Waals surface area contributed by atoms with E-state index in [2.05, 4.69) is 51.9 Å². The van der Waals surface area contributed by atoms with Crippen molar-refractivity contribution >= 4 is 22.6 Å². The Morgan fingerprint density at radius 2 is 1.59 bits per heavy atom. The van der Waals surface area contributed by atoms with E-state index in [1.54, 1.807) is 0 Å². The van der Waals surface area contributed by atoms with E-state index in [1.165, 1.54) is 16.6 Å². The third kappa shape index (κ3) is 4.32. The molecule has 0 radical (unpaired) electrons. The summed E-state index contributed by atoms with van der Waals surface area (Å²) >= 11 is 6.01. The van der Waals surface area contributed by atoms with Crippen LogP contribution in [0.2, 0.25) is 5.02 Å². The van der Waals surface area contributed by atoms with Crippen LogP contribution in [0.5, 0.6) is 5.75 Å². The number of hydrogen-bond donors (Lipinski definition) is 0. The molecule has 1 heterocycles. The lowest BCUT2D eigenvalue weighted by atomic mass is 10.2. The van der Waals surface area contributed by atoms with Gasteiger partial charge in [-0.1, -0.05) is 54.1 Å². The van der Waals surface area contributed by atoms with Gasteiger partial charge in [-0.3, -0.25) is 0 Å². The molecule has 0 atom stereocenters. The Morgan fingerprint density at radius 3 is 2.41 bits per heavy atom. The van der Waals surface area contributed by atoms with Gasteiger partial charge in [0.25, 0.3) is 0 Å². The SMILES string of the molecule is Clc1ccc(C[n+]2cn(CCCOc3ccccc3)c3ccccc32)cc1. The van der Waals surface area contributed by atoms with Gasteiger partial charge in [0.2, 0.25) is 6.33 Å². The van der Waals surface area contributed by atoms with Crippen molar-refractivity contribution in [2.75, 3.05) is 6.61 Å².